The van der Waals surface area contributed by atoms with Crippen LogP contribution in [0.3, 0.4) is 0 Å². The summed E-state index contributed by atoms with van der Waals surface area (Å²) in [5.41, 5.74) is 0. The van der Waals surface area contributed by atoms with Gasteiger partial charge in [0.25, 0.3) is 0 Å². The van der Waals surface area contributed by atoms with Crippen LogP contribution in [0, 0.1) is 11.8 Å². The van der Waals surface area contributed by atoms with Crippen molar-refractivity contribution in [2.75, 3.05) is 33.3 Å². The number of rotatable bonds is 7. The zero-order chi connectivity index (χ0) is 18.4. The largest absolute Gasteiger partial charge is 0.377 e. The summed E-state index contributed by atoms with van der Waals surface area (Å²) in [4.78, 5) is 7.02. The van der Waals surface area contributed by atoms with Gasteiger partial charge in [0.15, 0.2) is 5.96 Å². The van der Waals surface area contributed by atoms with E-state index in [0.29, 0.717) is 18.2 Å². The predicted molar refractivity (Wildman–Crippen MR) is 109 cm³/mol. The molecule has 3 aliphatic rings. The predicted octanol–water partition coefficient (Wildman–Crippen LogP) is 3.01. The Morgan fingerprint density at radius 1 is 1.08 bits per heavy atom. The third-order valence-corrected chi connectivity index (χ3v) is 6.43. The van der Waals surface area contributed by atoms with Crippen molar-refractivity contribution < 1.29 is 4.74 Å². The fraction of sp³-hybridized carbons (Fsp3) is 0.952. The summed E-state index contributed by atoms with van der Waals surface area (Å²) in [6, 6.07) is 1.22. The molecule has 5 nitrogen and oxygen atoms in total. The summed E-state index contributed by atoms with van der Waals surface area (Å²) in [5.74, 6) is 2.89. The van der Waals surface area contributed by atoms with E-state index < -0.39 is 0 Å². The van der Waals surface area contributed by atoms with Gasteiger partial charge in [-0.25, -0.2) is 0 Å². The van der Waals surface area contributed by atoms with Gasteiger partial charge in [0.1, 0.15) is 0 Å². The summed E-state index contributed by atoms with van der Waals surface area (Å²) in [5, 5.41) is 7.37. The number of likely N-dealkylation sites (tertiary alicyclic amines) is 1. The molecule has 3 fully saturated rings. The normalized spacial score (nSPS) is 29.2. The van der Waals surface area contributed by atoms with Crippen LogP contribution in [0.1, 0.15) is 65.2 Å². The Bertz CT molecular complexity index is 439. The van der Waals surface area contributed by atoms with Gasteiger partial charge in [0.2, 0.25) is 0 Å². The molecule has 0 radical (unpaired) electrons. The first-order valence-corrected chi connectivity index (χ1v) is 11.0. The average molecular weight is 365 g/mol. The second kappa shape index (κ2) is 9.93. The van der Waals surface area contributed by atoms with Crippen LogP contribution in [0.5, 0.6) is 0 Å². The maximum Gasteiger partial charge on any atom is 0.191 e. The molecule has 2 N–H and O–H groups in total. The molecule has 2 unspecified atom stereocenters. The summed E-state index contributed by atoms with van der Waals surface area (Å²) in [6.45, 7) is 8.43. The Labute approximate surface area is 160 Å². The third-order valence-electron chi connectivity index (χ3n) is 6.43. The summed E-state index contributed by atoms with van der Waals surface area (Å²) in [7, 11) is 1.91. The van der Waals surface area contributed by atoms with Crippen LogP contribution >= 0.6 is 0 Å². The van der Waals surface area contributed by atoms with E-state index in [2.05, 4.69) is 34.4 Å². The first kappa shape index (κ1) is 19.9. The van der Waals surface area contributed by atoms with E-state index in [9.17, 15) is 0 Å². The average Bonchev–Trinajstić information content (AvgIpc) is 3.42. The molecular formula is C21H40N4O. The van der Waals surface area contributed by atoms with E-state index in [-0.39, 0.29) is 0 Å². The molecule has 1 heterocycles. The maximum absolute atomic E-state index is 5.68. The molecule has 2 atom stereocenters. The minimum atomic E-state index is 0.337. The van der Waals surface area contributed by atoms with Crippen molar-refractivity contribution in [2.24, 2.45) is 16.8 Å². The van der Waals surface area contributed by atoms with E-state index in [1.807, 2.05) is 7.05 Å². The fourth-order valence-electron chi connectivity index (χ4n) is 4.72. The lowest BCUT2D eigenvalue weighted by atomic mass is 9.85. The minimum absolute atomic E-state index is 0.337. The lowest BCUT2D eigenvalue weighted by molar-refractivity contribution is 0.0532. The Morgan fingerprint density at radius 2 is 1.81 bits per heavy atom. The van der Waals surface area contributed by atoms with Crippen LogP contribution in [0.25, 0.3) is 0 Å². The van der Waals surface area contributed by atoms with Crippen LogP contribution in [0.4, 0.5) is 0 Å². The Morgan fingerprint density at radius 3 is 2.46 bits per heavy atom. The number of nitrogens with one attached hydrogen (secondary N) is 2. The number of guanidine groups is 1. The van der Waals surface area contributed by atoms with Crippen molar-refractivity contribution >= 4 is 5.96 Å². The highest BCUT2D eigenvalue weighted by Crippen LogP contribution is 2.44. The molecule has 0 aromatic carbocycles. The van der Waals surface area contributed by atoms with Crippen molar-refractivity contribution in [1.82, 2.24) is 15.5 Å². The molecule has 3 rings (SSSR count). The number of aliphatic imine (C=N–C) groups is 1. The van der Waals surface area contributed by atoms with E-state index >= 15 is 0 Å². The lowest BCUT2D eigenvalue weighted by Gasteiger charge is -2.33. The van der Waals surface area contributed by atoms with Crippen LogP contribution in [-0.2, 0) is 4.74 Å². The fourth-order valence-corrected chi connectivity index (χ4v) is 4.72. The number of hydrogen-bond acceptors (Lipinski definition) is 3. The van der Waals surface area contributed by atoms with Gasteiger partial charge in [0, 0.05) is 38.8 Å². The van der Waals surface area contributed by atoms with E-state index in [4.69, 9.17) is 4.74 Å². The van der Waals surface area contributed by atoms with Gasteiger partial charge < -0.3 is 20.3 Å². The summed E-state index contributed by atoms with van der Waals surface area (Å²) >= 11 is 0. The molecule has 0 aromatic heterocycles. The van der Waals surface area contributed by atoms with E-state index in [0.717, 1.165) is 44.0 Å². The summed E-state index contributed by atoms with van der Waals surface area (Å²) in [6.07, 6.45) is 11.3. The molecular weight excluding hydrogens is 324 g/mol. The van der Waals surface area contributed by atoms with Gasteiger partial charge >= 0.3 is 0 Å². The Hall–Kier alpha value is -0.810. The molecule has 0 amide bonds. The van der Waals surface area contributed by atoms with Crippen LogP contribution < -0.4 is 10.6 Å². The maximum atomic E-state index is 5.68. The van der Waals surface area contributed by atoms with Crippen molar-refractivity contribution in [3.05, 3.63) is 0 Å². The van der Waals surface area contributed by atoms with E-state index in [1.165, 1.54) is 51.4 Å². The smallest absolute Gasteiger partial charge is 0.191 e. The minimum Gasteiger partial charge on any atom is -0.377 e. The number of piperidine rings is 1. The molecule has 1 aliphatic heterocycles. The molecule has 1 saturated heterocycles. The lowest BCUT2D eigenvalue weighted by Crippen LogP contribution is -2.49. The van der Waals surface area contributed by atoms with Crippen molar-refractivity contribution in [1.29, 1.82) is 0 Å². The third kappa shape index (κ3) is 6.12. The zero-order valence-corrected chi connectivity index (χ0v) is 17.2. The van der Waals surface area contributed by atoms with Crippen LogP contribution in [0.15, 0.2) is 4.99 Å². The first-order valence-electron chi connectivity index (χ1n) is 11.0. The Balaban J connectivity index is 1.32. The molecule has 0 bridgehead atoms. The van der Waals surface area contributed by atoms with Gasteiger partial charge in [-0.05, 0) is 44.9 Å². The molecule has 0 spiro atoms. The van der Waals surface area contributed by atoms with E-state index in [1.54, 1.807) is 0 Å². The number of hydrogen-bond donors (Lipinski definition) is 2. The highest BCUT2D eigenvalue weighted by Gasteiger charge is 2.43. The molecule has 2 saturated carbocycles. The number of ether oxygens (including phenoxy) is 1. The van der Waals surface area contributed by atoms with Crippen molar-refractivity contribution in [3.8, 4) is 0 Å². The quantitative estimate of drug-likeness (QED) is 0.539. The van der Waals surface area contributed by atoms with Crippen molar-refractivity contribution in [2.45, 2.75) is 83.4 Å². The first-order chi connectivity index (χ1) is 12.7. The second-order valence-electron chi connectivity index (χ2n) is 8.80. The van der Waals surface area contributed by atoms with Gasteiger partial charge in [-0.3, -0.25) is 4.99 Å². The highest BCUT2D eigenvalue weighted by atomic mass is 16.5. The van der Waals surface area contributed by atoms with Gasteiger partial charge in [0.05, 0.1) is 12.7 Å². The topological polar surface area (TPSA) is 48.9 Å². The molecule has 150 valence electrons. The monoisotopic (exact) mass is 364 g/mol. The van der Waals surface area contributed by atoms with Crippen LogP contribution in [0.2, 0.25) is 0 Å². The number of nitrogens with zero attached hydrogens (tertiary/aromatic N) is 2. The molecule has 0 aromatic rings. The van der Waals surface area contributed by atoms with Gasteiger partial charge in [-0.2, -0.15) is 0 Å². The SMILES string of the molecule is CN=C(NC1CCN(CCOC(C)C)CC1)NC1CC1C1CCCCC1. The summed E-state index contributed by atoms with van der Waals surface area (Å²) < 4.78 is 5.68. The zero-order valence-electron chi connectivity index (χ0n) is 17.2. The van der Waals surface area contributed by atoms with Gasteiger partial charge in [-0.1, -0.05) is 32.1 Å². The molecule has 26 heavy (non-hydrogen) atoms. The molecule has 2 aliphatic carbocycles. The highest BCUT2D eigenvalue weighted by molar-refractivity contribution is 5.80. The second-order valence-corrected chi connectivity index (χ2v) is 8.80. The van der Waals surface area contributed by atoms with Crippen molar-refractivity contribution in [3.63, 3.8) is 0 Å². The Kier molecular flexibility index (Phi) is 7.62. The van der Waals surface area contributed by atoms with Gasteiger partial charge in [-0.15, -0.1) is 0 Å². The standard InChI is InChI=1S/C21H40N4O/c1-16(2)26-14-13-25-11-9-18(10-12-25)23-21(22-3)24-20-15-19(20)17-7-5-4-6-8-17/h16-20H,4-15H2,1-3H3,(H2,22,23,24). The van der Waals surface area contributed by atoms with Crippen LogP contribution in [-0.4, -0.2) is 62.3 Å². The molecule has 5 heteroatoms.